The van der Waals surface area contributed by atoms with Crippen LogP contribution < -0.4 is 0 Å². The Morgan fingerprint density at radius 1 is 1.50 bits per heavy atom. The van der Waals surface area contributed by atoms with Gasteiger partial charge in [0.15, 0.2) is 0 Å². The van der Waals surface area contributed by atoms with Gasteiger partial charge in [0.05, 0.1) is 11.8 Å². The van der Waals surface area contributed by atoms with Crippen LogP contribution in [0.5, 0.6) is 0 Å². The number of Topliss-reactive ketones (excluding diaryl/α,β-unsaturated/α-hetero) is 1. The standard InChI is InChI=1S/C13H14O5/c1-5-7(3)18-4-8-9(5)6(2)11(14)10(12(8)15)13(16)17/h4-5,7,14H,1-3H3,(H,16,17)/t5-,7-/m1/s1/i2+1D3. The number of ketones is 1. The minimum atomic E-state index is -2.74. The Bertz CT molecular complexity index is 624. The molecule has 0 saturated heterocycles. The van der Waals surface area contributed by atoms with Crippen LogP contribution in [0.25, 0.3) is 0 Å². The lowest BCUT2D eigenvalue weighted by Crippen LogP contribution is -2.32. The van der Waals surface area contributed by atoms with Crippen LogP contribution in [0.15, 0.2) is 34.3 Å². The molecule has 0 aromatic rings. The molecule has 0 amide bonds. The molecule has 1 aliphatic heterocycles. The number of aliphatic hydroxyl groups excluding tert-OH is 1. The monoisotopic (exact) mass is 254 g/mol. The number of hydrogen-bond donors (Lipinski definition) is 2. The van der Waals surface area contributed by atoms with Gasteiger partial charge in [0, 0.05) is 10.0 Å². The topological polar surface area (TPSA) is 83.8 Å². The highest BCUT2D eigenvalue weighted by atomic mass is 16.5. The van der Waals surface area contributed by atoms with Crippen LogP contribution in [0.2, 0.25) is 0 Å². The van der Waals surface area contributed by atoms with Gasteiger partial charge in [-0.05, 0) is 24.9 Å². The number of hydrogen-bond acceptors (Lipinski definition) is 4. The molecule has 5 nitrogen and oxygen atoms in total. The number of rotatable bonds is 1. The summed E-state index contributed by atoms with van der Waals surface area (Å²) in [5.41, 5.74) is -1.43. The van der Waals surface area contributed by atoms with Crippen molar-refractivity contribution in [2.75, 3.05) is 0 Å². The molecule has 1 heterocycles. The summed E-state index contributed by atoms with van der Waals surface area (Å²) >= 11 is 0. The lowest BCUT2D eigenvalue weighted by atomic mass is 9.79. The fraction of sp³-hybridized carbons (Fsp3) is 0.385. The fourth-order valence-corrected chi connectivity index (χ4v) is 2.07. The van der Waals surface area contributed by atoms with E-state index < -0.39 is 47.5 Å². The molecular formula is C13H14O5. The highest BCUT2D eigenvalue weighted by Gasteiger charge is 2.39. The van der Waals surface area contributed by atoms with Crippen LogP contribution in [-0.2, 0) is 14.3 Å². The van der Waals surface area contributed by atoms with Crippen molar-refractivity contribution in [2.24, 2.45) is 5.92 Å². The number of carboxylic acids is 1. The Hall–Kier alpha value is -2.04. The molecule has 18 heavy (non-hydrogen) atoms. The molecule has 2 atom stereocenters. The molecule has 96 valence electrons. The van der Waals surface area contributed by atoms with E-state index in [-0.39, 0.29) is 11.1 Å². The smallest absolute Gasteiger partial charge is 0.343 e. The molecule has 2 aliphatic rings. The van der Waals surface area contributed by atoms with E-state index in [1.165, 1.54) is 0 Å². The van der Waals surface area contributed by atoms with E-state index in [9.17, 15) is 14.7 Å². The summed E-state index contributed by atoms with van der Waals surface area (Å²) in [4.78, 5) is 23.3. The molecule has 0 bridgehead atoms. The van der Waals surface area contributed by atoms with Crippen molar-refractivity contribution in [3.8, 4) is 0 Å². The maximum absolute atomic E-state index is 12.2. The molecule has 5 heteroatoms. The SMILES string of the molecule is [2H][13C]([2H])([2H])C1=C2C(=CO[C@H](C)[C@H]2C)C(=O)C(C(=O)O)=C1O. The van der Waals surface area contributed by atoms with Gasteiger partial charge in [0.2, 0.25) is 5.78 Å². The van der Waals surface area contributed by atoms with Crippen molar-refractivity contribution in [2.45, 2.75) is 26.8 Å². The van der Waals surface area contributed by atoms with Gasteiger partial charge < -0.3 is 14.9 Å². The summed E-state index contributed by atoms with van der Waals surface area (Å²) in [5, 5.41) is 19.1. The summed E-state index contributed by atoms with van der Waals surface area (Å²) in [6, 6.07) is 0. The maximum Gasteiger partial charge on any atom is 0.343 e. The quantitative estimate of drug-likeness (QED) is 0.550. The molecule has 2 N–H and O–H groups in total. The summed E-state index contributed by atoms with van der Waals surface area (Å²) in [7, 11) is 0. The lowest BCUT2D eigenvalue weighted by molar-refractivity contribution is -0.134. The van der Waals surface area contributed by atoms with Crippen molar-refractivity contribution in [1.82, 2.24) is 0 Å². The van der Waals surface area contributed by atoms with Crippen LogP contribution in [0.3, 0.4) is 0 Å². The summed E-state index contributed by atoms with van der Waals surface area (Å²) < 4.78 is 27.9. The molecule has 0 aromatic heterocycles. The normalized spacial score (nSPS) is 30.9. The maximum atomic E-state index is 12.2. The summed E-state index contributed by atoms with van der Waals surface area (Å²) in [5.74, 6) is -4.07. The van der Waals surface area contributed by atoms with Gasteiger partial charge in [-0.15, -0.1) is 0 Å². The Labute approximate surface area is 108 Å². The zero-order valence-corrected chi connectivity index (χ0v) is 9.85. The Morgan fingerprint density at radius 3 is 2.72 bits per heavy atom. The number of carbonyl (C=O) groups is 2. The van der Waals surface area contributed by atoms with Gasteiger partial charge in [0.25, 0.3) is 0 Å². The summed E-state index contributed by atoms with van der Waals surface area (Å²) in [6.07, 6.45) is 0.678. The molecule has 0 fully saturated rings. The predicted molar refractivity (Wildman–Crippen MR) is 62.8 cm³/mol. The van der Waals surface area contributed by atoms with Gasteiger partial charge in [-0.2, -0.15) is 0 Å². The number of aliphatic carboxylic acids is 1. The first-order valence-electron chi connectivity index (χ1n) is 6.89. The van der Waals surface area contributed by atoms with Gasteiger partial charge in [-0.3, -0.25) is 4.79 Å². The average molecular weight is 254 g/mol. The first kappa shape index (κ1) is 8.97. The number of carboxylic acid groups (broad SMARTS) is 1. The van der Waals surface area contributed by atoms with E-state index in [4.69, 9.17) is 14.0 Å². The minimum absolute atomic E-state index is 0.123. The third-order valence-corrected chi connectivity index (χ3v) is 3.28. The van der Waals surface area contributed by atoms with Crippen molar-refractivity contribution in [3.05, 3.63) is 34.3 Å². The van der Waals surface area contributed by atoms with E-state index in [1.807, 2.05) is 0 Å². The van der Waals surface area contributed by atoms with Crippen LogP contribution >= 0.6 is 0 Å². The molecule has 0 unspecified atom stereocenters. The van der Waals surface area contributed by atoms with E-state index in [0.29, 0.717) is 0 Å². The Kier molecular flexibility index (Phi) is 2.00. The first-order chi connectivity index (χ1) is 9.57. The number of carbonyl (C=O) groups excluding carboxylic acids is 1. The molecule has 0 saturated carbocycles. The predicted octanol–water partition coefficient (Wildman–Crippen LogP) is 1.72. The second-order valence-corrected chi connectivity index (χ2v) is 4.31. The molecule has 2 rings (SSSR count). The molecule has 1 aliphatic carbocycles. The number of fused-ring (bicyclic) bond motifs is 1. The lowest BCUT2D eigenvalue weighted by Gasteiger charge is -2.32. The zero-order valence-electron chi connectivity index (χ0n) is 12.9. The molecular weight excluding hydrogens is 237 g/mol. The Balaban J connectivity index is 2.85. The largest absolute Gasteiger partial charge is 0.507 e. The number of aliphatic hydroxyl groups is 1. The van der Waals surface area contributed by atoms with E-state index >= 15 is 0 Å². The average Bonchev–Trinajstić information content (AvgIpc) is 2.32. The van der Waals surface area contributed by atoms with Gasteiger partial charge in [-0.25, -0.2) is 4.79 Å². The highest BCUT2D eigenvalue weighted by Crippen LogP contribution is 2.39. The third-order valence-electron chi connectivity index (χ3n) is 3.28. The molecule has 0 aromatic carbocycles. The van der Waals surface area contributed by atoms with Crippen LogP contribution in [-0.4, -0.2) is 28.1 Å². The second-order valence-electron chi connectivity index (χ2n) is 4.31. The van der Waals surface area contributed by atoms with Crippen LogP contribution in [0.1, 0.15) is 24.8 Å². The van der Waals surface area contributed by atoms with Crippen LogP contribution in [0, 0.1) is 5.92 Å². The van der Waals surface area contributed by atoms with Crippen LogP contribution in [0.4, 0.5) is 0 Å². The van der Waals surface area contributed by atoms with E-state index in [2.05, 4.69) is 0 Å². The molecule has 0 spiro atoms. The first-order valence-corrected chi connectivity index (χ1v) is 5.39. The van der Waals surface area contributed by atoms with Crippen molar-refractivity contribution >= 4 is 11.8 Å². The minimum Gasteiger partial charge on any atom is -0.507 e. The second kappa shape index (κ2) is 4.01. The van der Waals surface area contributed by atoms with Gasteiger partial charge >= 0.3 is 5.97 Å². The number of ether oxygens (including phenoxy) is 1. The fourth-order valence-electron chi connectivity index (χ4n) is 2.07. The number of allylic oxidation sites excluding steroid dienone is 2. The zero-order chi connectivity index (χ0) is 16.1. The van der Waals surface area contributed by atoms with Gasteiger partial charge in [-0.1, -0.05) is 6.92 Å². The Morgan fingerprint density at radius 2 is 2.17 bits per heavy atom. The van der Waals surface area contributed by atoms with Gasteiger partial charge in [0.1, 0.15) is 17.4 Å². The van der Waals surface area contributed by atoms with Crippen molar-refractivity contribution < 1.29 is 28.7 Å². The van der Waals surface area contributed by atoms with Crippen molar-refractivity contribution in [1.29, 1.82) is 0 Å². The van der Waals surface area contributed by atoms with Crippen molar-refractivity contribution in [3.63, 3.8) is 0 Å². The highest BCUT2D eigenvalue weighted by molar-refractivity contribution is 6.26. The van der Waals surface area contributed by atoms with E-state index in [1.54, 1.807) is 13.8 Å². The third kappa shape index (κ3) is 1.54. The van der Waals surface area contributed by atoms with E-state index in [0.717, 1.165) is 6.26 Å². The summed E-state index contributed by atoms with van der Waals surface area (Å²) in [6.45, 7) is 0.607. The molecule has 0 radical (unpaired) electrons.